The van der Waals surface area contributed by atoms with Crippen molar-refractivity contribution < 1.29 is 13.2 Å². The van der Waals surface area contributed by atoms with E-state index < -0.39 is 11.7 Å². The smallest absolute Gasteiger partial charge is 0.309 e. The highest BCUT2D eigenvalue weighted by atomic mass is 19.4. The molecule has 0 spiro atoms. The van der Waals surface area contributed by atoms with Crippen LogP contribution in [0.5, 0.6) is 0 Å². The van der Waals surface area contributed by atoms with E-state index in [-0.39, 0.29) is 5.56 Å². The number of alkyl halides is 3. The molecule has 68 heavy (non-hydrogen) atoms. The molecule has 0 N–H and O–H groups in total. The maximum Gasteiger partial charge on any atom is 0.416 e. The van der Waals surface area contributed by atoms with Crippen molar-refractivity contribution >= 4 is 43.6 Å². The summed E-state index contributed by atoms with van der Waals surface area (Å²) in [5.41, 5.74) is 11.3. The molecule has 0 bridgehead atoms. The van der Waals surface area contributed by atoms with Gasteiger partial charge in [0.2, 0.25) is 0 Å². The van der Waals surface area contributed by atoms with Crippen LogP contribution in [-0.4, -0.2) is 9.13 Å². The zero-order valence-electron chi connectivity index (χ0n) is 35.7. The Labute approximate surface area is 387 Å². The van der Waals surface area contributed by atoms with Crippen LogP contribution in [0, 0.1) is 45.3 Å². The second-order valence-corrected chi connectivity index (χ2v) is 16.5. The standard InChI is InChI=1S/C59H31F3N6/c60-59(61,62)45-19-21-46(44(28-45)35-66)43-18-24-56(67-53-13-3-1-11-47(53)50-29-41(16-22-55(50)67)39-9-5-7-36(25-39)32-63)52(31-43)49-20-15-38(34-65)27-58(49)68-54-14-4-2-12-48(54)51-30-42(17-23-57(51)68)40-10-6-8-37(26-40)33-64/h1-31H. The van der Waals surface area contributed by atoms with Gasteiger partial charge in [0, 0.05) is 32.7 Å². The summed E-state index contributed by atoms with van der Waals surface area (Å²) < 4.78 is 46.3. The zero-order chi connectivity index (χ0) is 46.7. The van der Waals surface area contributed by atoms with Crippen molar-refractivity contribution in [1.82, 2.24) is 9.13 Å². The maximum atomic E-state index is 14.0. The van der Waals surface area contributed by atoms with Gasteiger partial charge in [0.05, 0.1) is 85.5 Å². The topological polar surface area (TPSA) is 105 Å². The van der Waals surface area contributed by atoms with Gasteiger partial charge in [-0.25, -0.2) is 0 Å². The first kappa shape index (κ1) is 41.1. The molecule has 9 heteroatoms. The number of benzene rings is 9. The van der Waals surface area contributed by atoms with Crippen LogP contribution in [0.1, 0.15) is 27.8 Å². The highest BCUT2D eigenvalue weighted by Gasteiger charge is 2.31. The van der Waals surface area contributed by atoms with E-state index in [4.69, 9.17) is 0 Å². The number of hydrogen-bond donors (Lipinski definition) is 0. The van der Waals surface area contributed by atoms with Crippen LogP contribution in [0.4, 0.5) is 13.2 Å². The van der Waals surface area contributed by atoms with Gasteiger partial charge in [-0.3, -0.25) is 0 Å². The van der Waals surface area contributed by atoms with E-state index in [1.165, 1.54) is 6.07 Å². The van der Waals surface area contributed by atoms with Crippen LogP contribution in [0.25, 0.3) is 99.5 Å². The summed E-state index contributed by atoms with van der Waals surface area (Å²) in [4.78, 5) is 0. The van der Waals surface area contributed by atoms with E-state index >= 15 is 0 Å². The molecular formula is C59H31F3N6. The van der Waals surface area contributed by atoms with Crippen molar-refractivity contribution in [3.8, 4) is 80.2 Å². The first-order valence-corrected chi connectivity index (χ1v) is 21.5. The largest absolute Gasteiger partial charge is 0.416 e. The van der Waals surface area contributed by atoms with Gasteiger partial charge in [0.1, 0.15) is 0 Å². The summed E-state index contributed by atoms with van der Waals surface area (Å²) in [6, 6.07) is 66.7. The molecular weight excluding hydrogens is 850 g/mol. The molecule has 11 aromatic rings. The SMILES string of the molecule is N#Cc1cccc(-c2ccc3c(c2)c2ccccc2n3-c2ccc(-c3ccc(C(F)(F)F)cc3C#N)cc2-c2ccc(C#N)cc2-n2c3ccccc3c3cc(-c4cccc(C#N)c4)ccc32)c1. The zero-order valence-corrected chi connectivity index (χ0v) is 35.7. The minimum absolute atomic E-state index is 0.123. The second-order valence-electron chi connectivity index (χ2n) is 16.5. The Hall–Kier alpha value is -9.67. The monoisotopic (exact) mass is 880 g/mol. The number of para-hydroxylation sites is 2. The van der Waals surface area contributed by atoms with Crippen LogP contribution in [0.15, 0.2) is 188 Å². The number of nitrogens with zero attached hydrogens (tertiary/aromatic N) is 6. The van der Waals surface area contributed by atoms with Crippen LogP contribution in [-0.2, 0) is 6.18 Å². The molecule has 318 valence electrons. The molecule has 0 saturated carbocycles. The Balaban J connectivity index is 1.21. The molecule has 6 nitrogen and oxygen atoms in total. The van der Waals surface area contributed by atoms with E-state index in [2.05, 4.69) is 57.7 Å². The lowest BCUT2D eigenvalue weighted by molar-refractivity contribution is -0.137. The highest BCUT2D eigenvalue weighted by Crippen LogP contribution is 2.44. The van der Waals surface area contributed by atoms with Crippen LogP contribution in [0.2, 0.25) is 0 Å². The summed E-state index contributed by atoms with van der Waals surface area (Å²) in [5, 5.41) is 43.9. The van der Waals surface area contributed by atoms with Gasteiger partial charge in [-0.05, 0) is 130 Å². The summed E-state index contributed by atoms with van der Waals surface area (Å²) in [5.74, 6) is 0. The first-order valence-electron chi connectivity index (χ1n) is 21.5. The lowest BCUT2D eigenvalue weighted by atomic mass is 9.92. The summed E-state index contributed by atoms with van der Waals surface area (Å²) in [6.45, 7) is 0. The third kappa shape index (κ3) is 6.79. The molecule has 0 radical (unpaired) electrons. The number of aromatic nitrogens is 2. The maximum absolute atomic E-state index is 14.0. The molecule has 0 amide bonds. The molecule has 0 unspecified atom stereocenters. The molecule has 0 aliphatic heterocycles. The van der Waals surface area contributed by atoms with E-state index in [0.29, 0.717) is 39.1 Å². The van der Waals surface area contributed by atoms with E-state index in [1.54, 1.807) is 18.2 Å². The molecule has 2 aromatic heterocycles. The predicted octanol–water partition coefficient (Wildman–Crippen LogP) is 15.1. The molecule has 0 aliphatic rings. The number of rotatable bonds is 6. The Morgan fingerprint density at radius 3 is 1.40 bits per heavy atom. The number of nitriles is 4. The summed E-state index contributed by atoms with van der Waals surface area (Å²) in [7, 11) is 0. The molecule has 0 atom stereocenters. The average Bonchev–Trinajstić information content (AvgIpc) is 3.90. The van der Waals surface area contributed by atoms with E-state index in [1.807, 2.05) is 127 Å². The highest BCUT2D eigenvalue weighted by molar-refractivity contribution is 6.13. The minimum Gasteiger partial charge on any atom is -0.309 e. The fourth-order valence-electron chi connectivity index (χ4n) is 9.55. The average molecular weight is 881 g/mol. The van der Waals surface area contributed by atoms with Crippen LogP contribution in [0.3, 0.4) is 0 Å². The number of halogens is 3. The van der Waals surface area contributed by atoms with Crippen LogP contribution >= 0.6 is 0 Å². The lowest BCUT2D eigenvalue weighted by Crippen LogP contribution is -2.05. The van der Waals surface area contributed by atoms with Gasteiger partial charge >= 0.3 is 6.18 Å². The van der Waals surface area contributed by atoms with Gasteiger partial charge in [0.15, 0.2) is 0 Å². The first-order chi connectivity index (χ1) is 33.1. The molecule has 9 aromatic carbocycles. The third-order valence-electron chi connectivity index (χ3n) is 12.7. The molecule has 2 heterocycles. The second kappa shape index (κ2) is 16.1. The van der Waals surface area contributed by atoms with Gasteiger partial charge in [-0.2, -0.15) is 34.2 Å². The van der Waals surface area contributed by atoms with Gasteiger partial charge in [-0.1, -0.05) is 91.0 Å². The summed E-state index contributed by atoms with van der Waals surface area (Å²) in [6.07, 6.45) is -4.64. The lowest BCUT2D eigenvalue weighted by Gasteiger charge is -2.20. The van der Waals surface area contributed by atoms with Crippen LogP contribution < -0.4 is 0 Å². The van der Waals surface area contributed by atoms with E-state index in [0.717, 1.165) is 89.2 Å². The summed E-state index contributed by atoms with van der Waals surface area (Å²) >= 11 is 0. The number of fused-ring (bicyclic) bond motifs is 6. The molecule has 11 rings (SSSR count). The van der Waals surface area contributed by atoms with Crippen molar-refractivity contribution in [1.29, 1.82) is 21.0 Å². The molecule has 0 fully saturated rings. The molecule has 0 aliphatic carbocycles. The van der Waals surface area contributed by atoms with Crippen molar-refractivity contribution in [2.75, 3.05) is 0 Å². The van der Waals surface area contributed by atoms with Gasteiger partial charge in [-0.15, -0.1) is 0 Å². The molecule has 0 saturated heterocycles. The van der Waals surface area contributed by atoms with Crippen molar-refractivity contribution in [3.05, 3.63) is 216 Å². The fourth-order valence-corrected chi connectivity index (χ4v) is 9.55. The van der Waals surface area contributed by atoms with Crippen molar-refractivity contribution in [2.45, 2.75) is 6.18 Å². The quantitative estimate of drug-likeness (QED) is 0.166. The van der Waals surface area contributed by atoms with Crippen molar-refractivity contribution in [3.63, 3.8) is 0 Å². The van der Waals surface area contributed by atoms with Gasteiger partial charge in [0.25, 0.3) is 0 Å². The van der Waals surface area contributed by atoms with Crippen molar-refractivity contribution in [2.24, 2.45) is 0 Å². The Morgan fingerprint density at radius 1 is 0.338 bits per heavy atom. The Bertz CT molecular complexity index is 4090. The van der Waals surface area contributed by atoms with Gasteiger partial charge < -0.3 is 9.13 Å². The minimum atomic E-state index is -4.64. The Kier molecular flexibility index (Phi) is 9.72. The predicted molar refractivity (Wildman–Crippen MR) is 261 cm³/mol. The normalized spacial score (nSPS) is 11.4. The Morgan fingerprint density at radius 2 is 0.838 bits per heavy atom. The fraction of sp³-hybridized carbons (Fsp3) is 0.0169. The van der Waals surface area contributed by atoms with E-state index in [9.17, 15) is 34.2 Å². The third-order valence-corrected chi connectivity index (χ3v) is 12.7. The number of hydrogen-bond acceptors (Lipinski definition) is 4.